The van der Waals surface area contributed by atoms with E-state index >= 15 is 0 Å². The third kappa shape index (κ3) is 2.50. The van der Waals surface area contributed by atoms with E-state index in [0.29, 0.717) is 33.2 Å². The first-order valence-corrected chi connectivity index (χ1v) is 7.47. The Hall–Kier alpha value is -3.03. The summed E-state index contributed by atoms with van der Waals surface area (Å²) in [5, 5.41) is 13.4. The van der Waals surface area contributed by atoms with Crippen LogP contribution >= 0.6 is 0 Å². The van der Waals surface area contributed by atoms with Gasteiger partial charge < -0.3 is 0 Å². The Morgan fingerprint density at radius 1 is 1.04 bits per heavy atom. The number of hydrogen-bond donors (Lipinski definition) is 0. The minimum absolute atomic E-state index is 0.406. The summed E-state index contributed by atoms with van der Waals surface area (Å²) in [5.74, 6) is 0. The molecule has 25 heavy (non-hydrogen) atoms. The summed E-state index contributed by atoms with van der Waals surface area (Å²) >= 11 is 0. The van der Waals surface area contributed by atoms with Gasteiger partial charge in [-0.2, -0.15) is 23.4 Å². The highest BCUT2D eigenvalue weighted by molar-refractivity contribution is 6.09. The van der Waals surface area contributed by atoms with Gasteiger partial charge in [-0.15, -0.1) is 5.10 Å². The molecule has 4 rings (SSSR count). The highest BCUT2D eigenvalue weighted by atomic mass is 19.4. The average molecular weight is 343 g/mol. The summed E-state index contributed by atoms with van der Waals surface area (Å²) in [4.78, 5) is 4.53. The van der Waals surface area contributed by atoms with Gasteiger partial charge in [0.25, 0.3) is 0 Å². The minimum atomic E-state index is -4.41. The van der Waals surface area contributed by atoms with Crippen molar-refractivity contribution in [3.05, 3.63) is 47.8 Å². The van der Waals surface area contributed by atoms with E-state index in [1.807, 2.05) is 6.92 Å². The molecule has 0 amide bonds. The van der Waals surface area contributed by atoms with Crippen LogP contribution in [0.1, 0.15) is 11.1 Å². The maximum Gasteiger partial charge on any atom is 0.416 e. The van der Waals surface area contributed by atoms with Crippen molar-refractivity contribution in [2.75, 3.05) is 0 Å². The van der Waals surface area contributed by atoms with Crippen LogP contribution in [0.3, 0.4) is 0 Å². The summed E-state index contributed by atoms with van der Waals surface area (Å²) < 4.78 is 40.7. The number of hydrogen-bond acceptors (Lipinski definition) is 4. The van der Waals surface area contributed by atoms with Gasteiger partial charge in [0.2, 0.25) is 0 Å². The van der Waals surface area contributed by atoms with Gasteiger partial charge >= 0.3 is 6.18 Å². The van der Waals surface area contributed by atoms with Crippen molar-refractivity contribution in [1.29, 1.82) is 0 Å². The highest BCUT2D eigenvalue weighted by Gasteiger charge is 2.31. The molecule has 0 radical (unpaired) electrons. The van der Waals surface area contributed by atoms with Crippen LogP contribution in [0.15, 0.2) is 36.7 Å². The van der Waals surface area contributed by atoms with Crippen molar-refractivity contribution < 1.29 is 13.2 Å². The molecule has 1 aromatic carbocycles. The van der Waals surface area contributed by atoms with Gasteiger partial charge in [-0.25, -0.2) is 4.98 Å². The van der Waals surface area contributed by atoms with Gasteiger partial charge in [-0.05, 0) is 36.8 Å². The van der Waals surface area contributed by atoms with Gasteiger partial charge in [-0.3, -0.25) is 4.68 Å². The van der Waals surface area contributed by atoms with E-state index in [1.54, 1.807) is 30.2 Å². The van der Waals surface area contributed by atoms with Crippen LogP contribution in [0.25, 0.3) is 33.2 Å². The number of aromatic nitrogens is 5. The fraction of sp³-hybridized carbons (Fsp3) is 0.176. The van der Waals surface area contributed by atoms with Crippen molar-refractivity contribution in [1.82, 2.24) is 25.0 Å². The average Bonchev–Trinajstić information content (AvgIpc) is 2.95. The Morgan fingerprint density at radius 2 is 1.84 bits per heavy atom. The second-order valence-corrected chi connectivity index (χ2v) is 5.82. The predicted molar refractivity (Wildman–Crippen MR) is 86.8 cm³/mol. The van der Waals surface area contributed by atoms with Crippen molar-refractivity contribution in [2.24, 2.45) is 7.05 Å². The van der Waals surface area contributed by atoms with E-state index in [0.717, 1.165) is 17.7 Å². The van der Waals surface area contributed by atoms with E-state index in [9.17, 15) is 13.2 Å². The van der Waals surface area contributed by atoms with Crippen LogP contribution in [-0.4, -0.2) is 25.0 Å². The van der Waals surface area contributed by atoms with Crippen molar-refractivity contribution in [3.8, 4) is 11.4 Å². The molecule has 3 aromatic heterocycles. The number of pyridine rings is 1. The van der Waals surface area contributed by atoms with E-state index in [2.05, 4.69) is 20.3 Å². The summed E-state index contributed by atoms with van der Waals surface area (Å²) in [6, 6.07) is 5.32. The molecule has 0 fully saturated rings. The highest BCUT2D eigenvalue weighted by Crippen LogP contribution is 2.36. The number of fused-ring (bicyclic) bond motifs is 3. The molecule has 126 valence electrons. The number of halogens is 3. The Morgan fingerprint density at radius 3 is 2.56 bits per heavy atom. The quantitative estimate of drug-likeness (QED) is 0.526. The van der Waals surface area contributed by atoms with Crippen LogP contribution in [0.4, 0.5) is 13.2 Å². The maximum atomic E-state index is 13.1. The van der Waals surface area contributed by atoms with Crippen LogP contribution in [0.2, 0.25) is 0 Å². The first kappa shape index (κ1) is 15.5. The lowest BCUT2D eigenvalue weighted by atomic mass is 10.0. The maximum absolute atomic E-state index is 13.1. The molecule has 0 atom stereocenters. The third-order valence-corrected chi connectivity index (χ3v) is 4.05. The fourth-order valence-corrected chi connectivity index (χ4v) is 2.85. The van der Waals surface area contributed by atoms with E-state index in [1.165, 1.54) is 6.07 Å². The van der Waals surface area contributed by atoms with Crippen molar-refractivity contribution >= 4 is 21.8 Å². The molecule has 0 spiro atoms. The van der Waals surface area contributed by atoms with E-state index in [4.69, 9.17) is 0 Å². The molecule has 0 aliphatic rings. The smallest absolute Gasteiger partial charge is 0.274 e. The van der Waals surface area contributed by atoms with E-state index < -0.39 is 11.7 Å². The standard InChI is InChI=1S/C17H12F3N5/c1-9-5-6-21-23-14(9)16-15-12(8-25(2)24-15)11-7-10(17(18,19)20)3-4-13(11)22-16/h3-8H,1-2H3. The predicted octanol–water partition coefficient (Wildman–Crippen LogP) is 3.91. The lowest BCUT2D eigenvalue weighted by Gasteiger charge is -2.10. The molecule has 0 unspecified atom stereocenters. The fourth-order valence-electron chi connectivity index (χ4n) is 2.85. The van der Waals surface area contributed by atoms with Crippen LogP contribution in [0.5, 0.6) is 0 Å². The number of alkyl halides is 3. The third-order valence-electron chi connectivity index (χ3n) is 4.05. The monoisotopic (exact) mass is 343 g/mol. The second-order valence-electron chi connectivity index (χ2n) is 5.82. The molecule has 8 heteroatoms. The number of rotatable bonds is 1. The topological polar surface area (TPSA) is 56.5 Å². The Labute approximate surface area is 140 Å². The molecule has 0 N–H and O–H groups in total. The van der Waals surface area contributed by atoms with E-state index in [-0.39, 0.29) is 0 Å². The Kier molecular flexibility index (Phi) is 3.24. The minimum Gasteiger partial charge on any atom is -0.274 e. The molecule has 4 aromatic rings. The second kappa shape index (κ2) is 5.23. The van der Waals surface area contributed by atoms with Gasteiger partial charge in [0.15, 0.2) is 0 Å². The van der Waals surface area contributed by atoms with Crippen molar-refractivity contribution in [2.45, 2.75) is 13.1 Å². The van der Waals surface area contributed by atoms with Gasteiger partial charge in [0, 0.05) is 30.2 Å². The van der Waals surface area contributed by atoms with Gasteiger partial charge in [0.1, 0.15) is 16.9 Å². The van der Waals surface area contributed by atoms with Crippen molar-refractivity contribution in [3.63, 3.8) is 0 Å². The molecule has 0 saturated heterocycles. The zero-order chi connectivity index (χ0) is 17.8. The molecule has 3 heterocycles. The molecular formula is C17H12F3N5. The van der Waals surface area contributed by atoms with Crippen LogP contribution < -0.4 is 0 Å². The molecule has 0 bridgehead atoms. The molecular weight excluding hydrogens is 331 g/mol. The number of aryl methyl sites for hydroxylation is 2. The normalized spacial score (nSPS) is 12.2. The lowest BCUT2D eigenvalue weighted by Crippen LogP contribution is -2.04. The largest absolute Gasteiger partial charge is 0.416 e. The van der Waals surface area contributed by atoms with Crippen LogP contribution in [-0.2, 0) is 13.2 Å². The summed E-state index contributed by atoms with van der Waals surface area (Å²) in [6.45, 7) is 1.87. The van der Waals surface area contributed by atoms with Gasteiger partial charge in [-0.1, -0.05) is 0 Å². The first-order valence-electron chi connectivity index (χ1n) is 7.47. The summed E-state index contributed by atoms with van der Waals surface area (Å²) in [5.41, 5.74) is 2.17. The summed E-state index contributed by atoms with van der Waals surface area (Å²) in [7, 11) is 1.72. The SMILES string of the molecule is Cc1ccnnc1-c1nc2ccc(C(F)(F)F)cc2c2cn(C)nc12. The van der Waals surface area contributed by atoms with Crippen LogP contribution in [0, 0.1) is 6.92 Å². The number of nitrogens with zero attached hydrogens (tertiary/aromatic N) is 5. The molecule has 0 aliphatic heterocycles. The zero-order valence-electron chi connectivity index (χ0n) is 13.3. The molecule has 0 aliphatic carbocycles. The first-order chi connectivity index (χ1) is 11.8. The van der Waals surface area contributed by atoms with Gasteiger partial charge in [0.05, 0.1) is 11.1 Å². The molecule has 0 saturated carbocycles. The lowest BCUT2D eigenvalue weighted by molar-refractivity contribution is -0.137. The number of benzene rings is 1. The Balaban J connectivity index is 2.11. The Bertz CT molecular complexity index is 1110. The summed E-state index contributed by atoms with van der Waals surface area (Å²) in [6.07, 6.45) is -1.15. The molecule has 5 nitrogen and oxygen atoms in total. The zero-order valence-corrected chi connectivity index (χ0v) is 13.3.